The molecule has 0 fully saturated rings. The van der Waals surface area contributed by atoms with Gasteiger partial charge in [-0.2, -0.15) is 26.7 Å². The van der Waals surface area contributed by atoms with E-state index in [4.69, 9.17) is 23.2 Å². The highest BCUT2D eigenvalue weighted by Crippen LogP contribution is 2.36. The molecule has 2 aromatic rings. The van der Waals surface area contributed by atoms with Gasteiger partial charge in [0.25, 0.3) is 10.0 Å². The number of hydrogen-bond acceptors (Lipinski definition) is 6. The van der Waals surface area contributed by atoms with Gasteiger partial charge in [-0.1, -0.05) is 54.1 Å². The summed E-state index contributed by atoms with van der Waals surface area (Å²) in [6, 6.07) is 4.17. The number of nitrogens with zero attached hydrogens (tertiary/aromatic N) is 5. The first-order valence-electron chi connectivity index (χ1n) is 8.27. The van der Waals surface area contributed by atoms with E-state index in [1.165, 1.54) is 31.2 Å². The summed E-state index contributed by atoms with van der Waals surface area (Å²) in [7, 11) is -4.38. The molecule has 30 heavy (non-hydrogen) atoms. The number of alkyl halides is 2. The number of tetrazole rings is 1. The lowest BCUT2D eigenvalue weighted by molar-refractivity contribution is 0.0316. The Bertz CT molecular complexity index is 1160. The van der Waals surface area contributed by atoms with Gasteiger partial charge in [-0.15, -0.1) is 5.10 Å². The fourth-order valence-corrected chi connectivity index (χ4v) is 4.80. The second kappa shape index (κ2) is 8.25. The summed E-state index contributed by atoms with van der Waals surface area (Å²) >= 11 is 12.1. The van der Waals surface area contributed by atoms with E-state index in [1.807, 2.05) is 5.10 Å². The molecular weight excluding hydrogens is 461 g/mol. The van der Waals surface area contributed by atoms with E-state index in [1.54, 1.807) is 0 Å². The van der Waals surface area contributed by atoms with E-state index in [0.717, 1.165) is 12.2 Å². The van der Waals surface area contributed by atoms with Gasteiger partial charge < -0.3 is 0 Å². The highest BCUT2D eigenvalue weighted by atomic mass is 35.5. The van der Waals surface area contributed by atoms with Crippen LogP contribution in [0.15, 0.2) is 64.1 Å². The lowest BCUT2D eigenvalue weighted by Gasteiger charge is -2.21. The number of H-pyrrole nitrogens is 1. The zero-order valence-electron chi connectivity index (χ0n) is 15.4. The number of rotatable bonds is 4. The second-order valence-electron chi connectivity index (χ2n) is 6.09. The van der Waals surface area contributed by atoms with Crippen LogP contribution in [-0.4, -0.2) is 45.7 Å². The molecule has 158 valence electrons. The van der Waals surface area contributed by atoms with Crippen LogP contribution < -0.4 is 0 Å². The fourth-order valence-electron chi connectivity index (χ4n) is 2.48. The summed E-state index contributed by atoms with van der Waals surface area (Å²) in [4.78, 5) is -0.385. The zero-order chi connectivity index (χ0) is 22.1. The van der Waals surface area contributed by atoms with Crippen molar-refractivity contribution in [3.63, 3.8) is 0 Å². The summed E-state index contributed by atoms with van der Waals surface area (Å²) < 4.78 is 56.7. The monoisotopic (exact) mass is 474 g/mol. The summed E-state index contributed by atoms with van der Waals surface area (Å²) in [5, 5.41) is 15.4. The van der Waals surface area contributed by atoms with Gasteiger partial charge in [0.1, 0.15) is 4.90 Å². The molecule has 0 spiro atoms. The Balaban J connectivity index is 2.12. The van der Waals surface area contributed by atoms with E-state index < -0.39 is 33.9 Å². The second-order valence-corrected chi connectivity index (χ2v) is 8.68. The minimum absolute atomic E-state index is 0.130. The van der Waals surface area contributed by atoms with Crippen LogP contribution >= 0.6 is 23.2 Å². The highest BCUT2D eigenvalue weighted by Gasteiger charge is 2.40. The van der Waals surface area contributed by atoms with Crippen LogP contribution in [0, 0.1) is 0 Å². The van der Waals surface area contributed by atoms with Crippen LogP contribution in [0.3, 0.4) is 0 Å². The van der Waals surface area contributed by atoms with Crippen molar-refractivity contribution in [3.8, 4) is 0 Å². The first-order chi connectivity index (χ1) is 14.0. The van der Waals surface area contributed by atoms with Gasteiger partial charge in [-0.25, -0.2) is 5.10 Å². The Hall–Kier alpha value is -2.63. The fraction of sp³-hybridized carbons (Fsp3) is 0.176. The Labute approximate surface area is 180 Å². The maximum Gasteiger partial charge on any atom is 0.332 e. The predicted octanol–water partition coefficient (Wildman–Crippen LogP) is 3.72. The molecule has 1 N–H and O–H groups in total. The van der Waals surface area contributed by atoms with Crippen LogP contribution in [0.4, 0.5) is 8.78 Å². The van der Waals surface area contributed by atoms with Crippen molar-refractivity contribution in [2.75, 3.05) is 6.54 Å². The van der Waals surface area contributed by atoms with Crippen molar-refractivity contribution in [1.82, 2.24) is 25.0 Å². The van der Waals surface area contributed by atoms with Crippen molar-refractivity contribution >= 4 is 38.9 Å². The molecule has 1 aromatic heterocycles. The molecule has 1 aliphatic rings. The minimum atomic E-state index is -4.38. The molecule has 13 heteroatoms. The molecule has 0 aliphatic carbocycles. The number of sulfonamides is 1. The lowest BCUT2D eigenvalue weighted by Crippen LogP contribution is -2.29. The maximum absolute atomic E-state index is 14.8. The normalized spacial score (nSPS) is 20.4. The molecule has 0 atom stereocenters. The molecule has 0 saturated heterocycles. The summed E-state index contributed by atoms with van der Waals surface area (Å²) in [5.41, 5.74) is -0.144. The third-order valence-corrected chi connectivity index (χ3v) is 6.71. The first-order valence-corrected chi connectivity index (χ1v) is 10.5. The molecule has 0 radical (unpaired) electrons. The van der Waals surface area contributed by atoms with Gasteiger partial charge in [0, 0.05) is 5.57 Å². The van der Waals surface area contributed by atoms with E-state index >= 15 is 0 Å². The number of halogens is 4. The van der Waals surface area contributed by atoms with Gasteiger partial charge in [-0.3, -0.25) is 0 Å². The summed E-state index contributed by atoms with van der Waals surface area (Å²) in [6.07, 6.45) is 3.39. The Morgan fingerprint density at radius 2 is 1.90 bits per heavy atom. The quantitative estimate of drug-likeness (QED) is 0.726. The average molecular weight is 475 g/mol. The molecule has 0 bridgehead atoms. The number of allylic oxidation sites excluding steroid dienone is 4. The molecule has 8 nitrogen and oxygen atoms in total. The minimum Gasteiger partial charge on any atom is -0.237 e. The zero-order valence-corrected chi connectivity index (χ0v) is 17.7. The molecule has 0 amide bonds. The van der Waals surface area contributed by atoms with Crippen LogP contribution in [-0.2, 0) is 15.9 Å². The Kier molecular flexibility index (Phi) is 6.06. The standard InChI is InChI=1S/C17H14Cl2F2N6O2S/c1-10-6-7-12(17(20,21)16-22-25-26-23-16)8-9-27(24-11(10)2)30(28,29)15-13(18)4-3-5-14(15)19/h3-8H,1,9H2,2H3,(H,22,23,25,26)/b7-6-,12-8+,24-11-. The summed E-state index contributed by atoms with van der Waals surface area (Å²) in [5.74, 6) is -4.43. The molecule has 2 heterocycles. The molecule has 0 saturated carbocycles. The van der Waals surface area contributed by atoms with Gasteiger partial charge in [0.15, 0.2) is 0 Å². The van der Waals surface area contributed by atoms with Crippen molar-refractivity contribution in [1.29, 1.82) is 0 Å². The average Bonchev–Trinajstić information content (AvgIpc) is 3.22. The van der Waals surface area contributed by atoms with Crippen molar-refractivity contribution in [2.24, 2.45) is 5.10 Å². The Morgan fingerprint density at radius 1 is 1.23 bits per heavy atom. The number of aromatic amines is 1. The SMILES string of the molecule is C=C1/C=C\C(C(F)(F)c2nnn[nH]2)=C/CN(S(=O)(=O)c2c(Cl)cccc2Cl)/N=C\1C. The van der Waals surface area contributed by atoms with Gasteiger partial charge in [0.2, 0.25) is 5.82 Å². The van der Waals surface area contributed by atoms with Crippen molar-refractivity contribution in [2.45, 2.75) is 17.7 Å². The van der Waals surface area contributed by atoms with Crippen LogP contribution in [0.2, 0.25) is 10.0 Å². The van der Waals surface area contributed by atoms with E-state index in [2.05, 4.69) is 27.2 Å². The first kappa shape index (κ1) is 22.1. The largest absolute Gasteiger partial charge is 0.332 e. The predicted molar refractivity (Wildman–Crippen MR) is 108 cm³/mol. The number of nitrogens with one attached hydrogen (secondary N) is 1. The molecule has 1 aromatic carbocycles. The van der Waals surface area contributed by atoms with E-state index in [9.17, 15) is 17.2 Å². The lowest BCUT2D eigenvalue weighted by atomic mass is 10.1. The van der Waals surface area contributed by atoms with Crippen molar-refractivity contribution < 1.29 is 17.2 Å². The third kappa shape index (κ3) is 4.13. The van der Waals surface area contributed by atoms with Crippen LogP contribution in [0.25, 0.3) is 0 Å². The van der Waals surface area contributed by atoms with E-state index in [0.29, 0.717) is 4.41 Å². The van der Waals surface area contributed by atoms with Crippen molar-refractivity contribution in [3.05, 3.63) is 70.0 Å². The molecule has 3 rings (SSSR count). The number of hydrazone groups is 1. The van der Waals surface area contributed by atoms with Gasteiger partial charge in [0.05, 0.1) is 22.3 Å². The number of aromatic nitrogens is 4. The van der Waals surface area contributed by atoms with Gasteiger partial charge in [-0.05, 0) is 35.1 Å². The molecular formula is C17H14Cl2F2N6O2S. The highest BCUT2D eigenvalue weighted by molar-refractivity contribution is 7.89. The molecule has 1 aliphatic heterocycles. The van der Waals surface area contributed by atoms with Crippen LogP contribution in [0.1, 0.15) is 12.7 Å². The summed E-state index contributed by atoms with van der Waals surface area (Å²) in [6.45, 7) is 4.69. The van der Waals surface area contributed by atoms with Crippen LogP contribution in [0.5, 0.6) is 0 Å². The van der Waals surface area contributed by atoms with E-state index in [-0.39, 0.29) is 26.2 Å². The maximum atomic E-state index is 14.8. The smallest absolute Gasteiger partial charge is 0.237 e. The third-order valence-electron chi connectivity index (χ3n) is 4.12. The Morgan fingerprint density at radius 3 is 2.50 bits per heavy atom. The topological polar surface area (TPSA) is 104 Å². The molecule has 0 unspecified atom stereocenters. The number of hydrogen-bond donors (Lipinski definition) is 1. The number of benzene rings is 1. The van der Waals surface area contributed by atoms with Gasteiger partial charge >= 0.3 is 5.92 Å².